The molecule has 0 unspecified atom stereocenters. The fourth-order valence-corrected chi connectivity index (χ4v) is 2.63. The number of pyridine rings is 1. The van der Waals surface area contributed by atoms with Crippen molar-refractivity contribution in [1.82, 2.24) is 10.3 Å². The highest BCUT2D eigenvalue weighted by Gasteiger charge is 2.10. The molecule has 1 amide bonds. The highest BCUT2D eigenvalue weighted by Crippen LogP contribution is 2.28. The molecule has 0 atom stereocenters. The number of carbonyl (C=O) groups is 1. The molecule has 0 radical (unpaired) electrons. The van der Waals surface area contributed by atoms with Gasteiger partial charge in [-0.1, -0.05) is 41.4 Å². The SMILES string of the molecule is O=C(NCc1ccccc1F)c1cc(Nc2cc(Cl)ccc2Cl)ccn1. The Morgan fingerprint density at radius 3 is 2.69 bits per heavy atom. The van der Waals surface area contributed by atoms with E-state index in [0.717, 1.165) is 0 Å². The third-order valence-electron chi connectivity index (χ3n) is 3.60. The van der Waals surface area contributed by atoms with Crippen LogP contribution in [0.25, 0.3) is 0 Å². The molecule has 0 bridgehead atoms. The molecule has 3 aromatic rings. The Balaban J connectivity index is 1.71. The maximum absolute atomic E-state index is 13.6. The number of carbonyl (C=O) groups excluding carboxylic acids is 1. The number of hydrogen-bond acceptors (Lipinski definition) is 3. The zero-order valence-electron chi connectivity index (χ0n) is 13.5. The van der Waals surface area contributed by atoms with Gasteiger partial charge in [0.2, 0.25) is 0 Å². The number of nitrogens with one attached hydrogen (secondary N) is 2. The second-order valence-electron chi connectivity index (χ2n) is 5.45. The summed E-state index contributed by atoms with van der Waals surface area (Å²) in [5, 5.41) is 6.78. The van der Waals surface area contributed by atoms with Crippen LogP contribution in [0.2, 0.25) is 10.0 Å². The Hall–Kier alpha value is -2.63. The lowest BCUT2D eigenvalue weighted by molar-refractivity contribution is 0.0945. The second-order valence-corrected chi connectivity index (χ2v) is 6.30. The smallest absolute Gasteiger partial charge is 0.270 e. The minimum atomic E-state index is -0.408. The van der Waals surface area contributed by atoms with Crippen molar-refractivity contribution in [2.45, 2.75) is 6.54 Å². The molecule has 0 saturated carbocycles. The van der Waals surface area contributed by atoms with Gasteiger partial charge >= 0.3 is 0 Å². The maximum atomic E-state index is 13.6. The van der Waals surface area contributed by atoms with Gasteiger partial charge in [-0.3, -0.25) is 9.78 Å². The van der Waals surface area contributed by atoms with Crippen molar-refractivity contribution in [3.8, 4) is 0 Å². The zero-order valence-corrected chi connectivity index (χ0v) is 15.0. The first-order valence-electron chi connectivity index (χ1n) is 7.72. The van der Waals surface area contributed by atoms with Crippen molar-refractivity contribution in [1.29, 1.82) is 0 Å². The van der Waals surface area contributed by atoms with E-state index >= 15 is 0 Å². The van der Waals surface area contributed by atoms with Crippen LogP contribution in [0.1, 0.15) is 16.1 Å². The standard InChI is InChI=1S/C19H14Cl2FN3O/c20-13-5-6-15(21)17(9-13)25-14-7-8-23-18(10-14)19(26)24-11-12-3-1-2-4-16(12)22/h1-10H,11H2,(H,23,25)(H,24,26). The van der Waals surface area contributed by atoms with E-state index < -0.39 is 5.91 Å². The van der Waals surface area contributed by atoms with Gasteiger partial charge in [0, 0.05) is 29.0 Å². The van der Waals surface area contributed by atoms with Gasteiger partial charge in [-0.25, -0.2) is 4.39 Å². The minimum Gasteiger partial charge on any atom is -0.354 e. The Labute approximate surface area is 160 Å². The summed E-state index contributed by atoms with van der Waals surface area (Å²) in [6.07, 6.45) is 1.50. The van der Waals surface area contributed by atoms with E-state index in [1.165, 1.54) is 12.3 Å². The number of amides is 1. The summed E-state index contributed by atoms with van der Waals surface area (Å²) < 4.78 is 13.6. The highest BCUT2D eigenvalue weighted by molar-refractivity contribution is 6.35. The molecule has 1 aromatic heterocycles. The van der Waals surface area contributed by atoms with Crippen LogP contribution >= 0.6 is 23.2 Å². The predicted octanol–water partition coefficient (Wildman–Crippen LogP) is 5.20. The number of nitrogens with zero attached hydrogens (tertiary/aromatic N) is 1. The van der Waals surface area contributed by atoms with E-state index in [-0.39, 0.29) is 18.1 Å². The van der Waals surface area contributed by atoms with Crippen molar-refractivity contribution < 1.29 is 9.18 Å². The summed E-state index contributed by atoms with van der Waals surface area (Å²) in [5.41, 5.74) is 1.84. The quantitative estimate of drug-likeness (QED) is 0.630. The molecule has 0 fully saturated rings. The van der Waals surface area contributed by atoms with E-state index in [0.29, 0.717) is 27.0 Å². The molecule has 0 saturated heterocycles. The molecule has 0 aliphatic carbocycles. The van der Waals surface area contributed by atoms with E-state index in [1.807, 2.05) is 0 Å². The molecular formula is C19H14Cl2FN3O. The lowest BCUT2D eigenvalue weighted by atomic mass is 10.2. The van der Waals surface area contributed by atoms with Gasteiger partial charge in [0.15, 0.2) is 0 Å². The van der Waals surface area contributed by atoms with Crippen molar-refractivity contribution in [2.75, 3.05) is 5.32 Å². The van der Waals surface area contributed by atoms with Crippen molar-refractivity contribution in [2.24, 2.45) is 0 Å². The summed E-state index contributed by atoms with van der Waals surface area (Å²) in [6, 6.07) is 14.6. The monoisotopic (exact) mass is 389 g/mol. The fourth-order valence-electron chi connectivity index (χ4n) is 2.29. The van der Waals surface area contributed by atoms with Crippen molar-refractivity contribution in [3.05, 3.63) is 87.9 Å². The van der Waals surface area contributed by atoms with Crippen LogP contribution in [-0.4, -0.2) is 10.9 Å². The third-order valence-corrected chi connectivity index (χ3v) is 4.16. The number of hydrogen-bond donors (Lipinski definition) is 2. The van der Waals surface area contributed by atoms with Gasteiger partial charge in [-0.2, -0.15) is 0 Å². The van der Waals surface area contributed by atoms with Gasteiger partial charge in [0.1, 0.15) is 11.5 Å². The first-order chi connectivity index (χ1) is 12.5. The lowest BCUT2D eigenvalue weighted by Gasteiger charge is -2.10. The van der Waals surface area contributed by atoms with Crippen LogP contribution < -0.4 is 10.6 Å². The summed E-state index contributed by atoms with van der Waals surface area (Å²) in [7, 11) is 0. The molecule has 0 aliphatic heterocycles. The molecule has 0 spiro atoms. The normalized spacial score (nSPS) is 10.4. The first-order valence-corrected chi connectivity index (χ1v) is 8.48. The molecule has 4 nitrogen and oxygen atoms in total. The maximum Gasteiger partial charge on any atom is 0.270 e. The Kier molecular flexibility index (Phi) is 5.71. The Morgan fingerprint density at radius 1 is 1.08 bits per heavy atom. The van der Waals surface area contributed by atoms with Gasteiger partial charge in [-0.15, -0.1) is 0 Å². The zero-order chi connectivity index (χ0) is 18.5. The largest absolute Gasteiger partial charge is 0.354 e. The average molecular weight is 390 g/mol. The summed E-state index contributed by atoms with van der Waals surface area (Å²) >= 11 is 12.1. The minimum absolute atomic E-state index is 0.0744. The Bertz CT molecular complexity index is 950. The van der Waals surface area contributed by atoms with Crippen LogP contribution in [0.15, 0.2) is 60.8 Å². The Morgan fingerprint density at radius 2 is 1.88 bits per heavy atom. The highest BCUT2D eigenvalue weighted by atomic mass is 35.5. The van der Waals surface area contributed by atoms with Gasteiger partial charge < -0.3 is 10.6 Å². The van der Waals surface area contributed by atoms with Gasteiger partial charge in [-0.05, 0) is 36.4 Å². The molecule has 3 rings (SSSR count). The predicted molar refractivity (Wildman–Crippen MR) is 102 cm³/mol. The van der Waals surface area contributed by atoms with Crippen molar-refractivity contribution >= 4 is 40.5 Å². The van der Waals surface area contributed by atoms with Crippen LogP contribution in [-0.2, 0) is 6.54 Å². The molecule has 2 aromatic carbocycles. The summed E-state index contributed by atoms with van der Waals surface area (Å²) in [4.78, 5) is 16.3. The summed E-state index contributed by atoms with van der Waals surface area (Å²) in [5.74, 6) is -0.777. The fraction of sp³-hybridized carbons (Fsp3) is 0.0526. The number of anilines is 2. The average Bonchev–Trinajstić information content (AvgIpc) is 2.64. The lowest BCUT2D eigenvalue weighted by Crippen LogP contribution is -2.24. The molecule has 26 heavy (non-hydrogen) atoms. The van der Waals surface area contributed by atoms with Crippen molar-refractivity contribution in [3.63, 3.8) is 0 Å². The van der Waals surface area contributed by atoms with Gasteiger partial charge in [0.25, 0.3) is 5.91 Å². The molecule has 1 heterocycles. The van der Waals surface area contributed by atoms with Crippen LogP contribution in [0, 0.1) is 5.82 Å². The third kappa shape index (κ3) is 4.50. The number of rotatable bonds is 5. The van der Waals surface area contributed by atoms with E-state index in [4.69, 9.17) is 23.2 Å². The number of halogens is 3. The molecule has 132 valence electrons. The topological polar surface area (TPSA) is 54.0 Å². The first kappa shape index (κ1) is 18.2. The number of benzene rings is 2. The van der Waals surface area contributed by atoms with Crippen LogP contribution in [0.5, 0.6) is 0 Å². The van der Waals surface area contributed by atoms with E-state index in [1.54, 1.807) is 48.5 Å². The van der Waals surface area contributed by atoms with Crippen LogP contribution in [0.4, 0.5) is 15.8 Å². The molecule has 7 heteroatoms. The number of aromatic nitrogens is 1. The van der Waals surface area contributed by atoms with Gasteiger partial charge in [0.05, 0.1) is 10.7 Å². The summed E-state index contributed by atoms with van der Waals surface area (Å²) in [6.45, 7) is 0.0744. The molecular weight excluding hydrogens is 376 g/mol. The van der Waals surface area contributed by atoms with E-state index in [2.05, 4.69) is 15.6 Å². The second kappa shape index (κ2) is 8.17. The molecule has 2 N–H and O–H groups in total. The van der Waals surface area contributed by atoms with Crippen LogP contribution in [0.3, 0.4) is 0 Å². The van der Waals surface area contributed by atoms with E-state index in [9.17, 15) is 9.18 Å². The molecule has 0 aliphatic rings.